The number of hydrogen-bond donors (Lipinski definition) is 1. The third-order valence-corrected chi connectivity index (χ3v) is 5.07. The van der Waals surface area contributed by atoms with Crippen LogP contribution in [-0.4, -0.2) is 57.7 Å². The summed E-state index contributed by atoms with van der Waals surface area (Å²) >= 11 is 0. The fourth-order valence-corrected chi connectivity index (χ4v) is 3.61. The predicted molar refractivity (Wildman–Crippen MR) is 107 cm³/mol. The van der Waals surface area contributed by atoms with E-state index in [1.54, 1.807) is 27.7 Å². The van der Waals surface area contributed by atoms with E-state index in [0.717, 1.165) is 11.1 Å². The fourth-order valence-electron chi connectivity index (χ4n) is 3.61. The van der Waals surface area contributed by atoms with Crippen molar-refractivity contribution in [3.05, 3.63) is 11.3 Å². The number of anilines is 1. The van der Waals surface area contributed by atoms with E-state index in [4.69, 9.17) is 14.2 Å². The van der Waals surface area contributed by atoms with E-state index in [1.807, 2.05) is 13.8 Å². The molecule has 10 nitrogen and oxygen atoms in total. The van der Waals surface area contributed by atoms with Crippen molar-refractivity contribution in [3.63, 3.8) is 0 Å². The fraction of sp³-hybridized carbons (Fsp3) is 0.700. The number of fused-ring (bicyclic) bond motifs is 1. The summed E-state index contributed by atoms with van der Waals surface area (Å²) in [6, 6.07) is 0. The monoisotopic (exact) mass is 422 g/mol. The molecule has 0 aliphatic carbocycles. The minimum Gasteiger partial charge on any atom is -0.448 e. The summed E-state index contributed by atoms with van der Waals surface area (Å²) in [5, 5.41) is 7.18. The zero-order valence-corrected chi connectivity index (χ0v) is 18.4. The lowest BCUT2D eigenvalue weighted by Crippen LogP contribution is -2.44. The molecule has 0 radical (unpaired) electrons. The number of nitrogens with zero attached hydrogens (tertiary/aromatic N) is 3. The maximum atomic E-state index is 12.8. The van der Waals surface area contributed by atoms with Crippen molar-refractivity contribution < 1.29 is 28.6 Å². The van der Waals surface area contributed by atoms with E-state index in [-0.39, 0.29) is 24.9 Å². The quantitative estimate of drug-likeness (QED) is 0.797. The van der Waals surface area contributed by atoms with Crippen molar-refractivity contribution in [1.29, 1.82) is 0 Å². The topological polar surface area (TPSA) is 112 Å². The lowest BCUT2D eigenvalue weighted by Gasteiger charge is -2.33. The average molecular weight is 422 g/mol. The minimum atomic E-state index is -0.848. The van der Waals surface area contributed by atoms with E-state index < -0.39 is 29.4 Å². The Bertz CT molecular complexity index is 848. The average Bonchev–Trinajstić information content (AvgIpc) is 3.31. The highest BCUT2D eigenvalue weighted by molar-refractivity contribution is 5.96. The molecule has 2 aliphatic rings. The molecule has 2 amide bonds. The van der Waals surface area contributed by atoms with Gasteiger partial charge in [0, 0.05) is 12.2 Å². The molecule has 0 saturated carbocycles. The van der Waals surface area contributed by atoms with E-state index in [1.165, 1.54) is 4.90 Å². The summed E-state index contributed by atoms with van der Waals surface area (Å²) < 4.78 is 17.1. The molecule has 0 aromatic carbocycles. The Morgan fingerprint density at radius 3 is 2.53 bits per heavy atom. The van der Waals surface area contributed by atoms with Crippen LogP contribution in [-0.2, 0) is 31.1 Å². The number of ether oxygens (including phenoxy) is 3. The molecular weight excluding hydrogens is 392 g/mol. The van der Waals surface area contributed by atoms with Crippen LogP contribution in [0.3, 0.4) is 0 Å². The number of aromatic nitrogens is 2. The van der Waals surface area contributed by atoms with Crippen LogP contribution in [0.1, 0.15) is 65.6 Å². The molecule has 0 unspecified atom stereocenters. The maximum absolute atomic E-state index is 12.8. The van der Waals surface area contributed by atoms with Gasteiger partial charge in [-0.2, -0.15) is 5.10 Å². The highest BCUT2D eigenvalue weighted by atomic mass is 16.6. The summed E-state index contributed by atoms with van der Waals surface area (Å²) in [6.07, 6.45) is -0.370. The number of amides is 2. The Morgan fingerprint density at radius 1 is 1.27 bits per heavy atom. The molecular formula is C20H30N4O6. The predicted octanol–water partition coefficient (Wildman–Crippen LogP) is 2.99. The SMILES string of the molecule is CCOC(=O)n1nc2c(c1NC(=O)[C@H]1CCCO1)CN(C(=O)OC(C)(C)C)C2(C)C. The van der Waals surface area contributed by atoms with Crippen LogP contribution in [0.4, 0.5) is 15.4 Å². The molecule has 1 saturated heterocycles. The van der Waals surface area contributed by atoms with Crippen molar-refractivity contribution in [2.75, 3.05) is 18.5 Å². The normalized spacial score (nSPS) is 20.1. The highest BCUT2D eigenvalue weighted by Gasteiger charge is 2.47. The van der Waals surface area contributed by atoms with Gasteiger partial charge in [-0.15, -0.1) is 4.68 Å². The van der Waals surface area contributed by atoms with E-state index in [2.05, 4.69) is 10.4 Å². The Labute approximate surface area is 175 Å². The highest BCUT2D eigenvalue weighted by Crippen LogP contribution is 2.42. The molecule has 10 heteroatoms. The number of carbonyl (C=O) groups excluding carboxylic acids is 3. The number of hydrogen-bond acceptors (Lipinski definition) is 7. The van der Waals surface area contributed by atoms with Crippen molar-refractivity contribution in [1.82, 2.24) is 14.7 Å². The van der Waals surface area contributed by atoms with Crippen molar-refractivity contribution in [2.45, 2.75) is 78.2 Å². The third-order valence-electron chi connectivity index (χ3n) is 5.07. The second-order valence-corrected chi connectivity index (χ2v) is 8.90. The van der Waals surface area contributed by atoms with Crippen LogP contribution in [0.5, 0.6) is 0 Å². The van der Waals surface area contributed by atoms with Gasteiger partial charge in [0.1, 0.15) is 17.5 Å². The molecule has 1 aromatic rings. The van der Waals surface area contributed by atoms with Crippen molar-refractivity contribution in [3.8, 4) is 0 Å². The molecule has 1 N–H and O–H groups in total. The first-order valence-corrected chi connectivity index (χ1v) is 10.2. The van der Waals surface area contributed by atoms with Crippen LogP contribution < -0.4 is 5.32 Å². The molecule has 3 rings (SSSR count). The molecule has 166 valence electrons. The zero-order chi connectivity index (χ0) is 22.3. The van der Waals surface area contributed by atoms with Gasteiger partial charge in [-0.05, 0) is 54.4 Å². The largest absolute Gasteiger partial charge is 0.448 e. The van der Waals surface area contributed by atoms with Gasteiger partial charge in [-0.25, -0.2) is 9.59 Å². The second-order valence-electron chi connectivity index (χ2n) is 8.90. The molecule has 0 bridgehead atoms. The Hall–Kier alpha value is -2.62. The molecule has 2 aliphatic heterocycles. The number of rotatable bonds is 3. The summed E-state index contributed by atoms with van der Waals surface area (Å²) in [7, 11) is 0. The van der Waals surface area contributed by atoms with E-state index in [9.17, 15) is 14.4 Å². The first kappa shape index (κ1) is 22.1. The van der Waals surface area contributed by atoms with Gasteiger partial charge < -0.3 is 19.5 Å². The first-order valence-electron chi connectivity index (χ1n) is 10.2. The standard InChI is InChI=1S/C20H30N4O6/c1-7-28-18(27)24-15(21-16(25)13-9-8-10-29-13)12-11-23(17(26)30-19(2,3)4)20(5,6)14(12)22-24/h13H,7-11H2,1-6H3,(H,21,25)/t13-/m1/s1. The second kappa shape index (κ2) is 7.90. The zero-order valence-electron chi connectivity index (χ0n) is 18.4. The van der Waals surface area contributed by atoms with Gasteiger partial charge in [-0.3, -0.25) is 9.69 Å². The first-order chi connectivity index (χ1) is 14.0. The van der Waals surface area contributed by atoms with Gasteiger partial charge in [0.05, 0.1) is 24.4 Å². The lowest BCUT2D eigenvalue weighted by atomic mass is 10.0. The molecule has 1 atom stereocenters. The van der Waals surface area contributed by atoms with Crippen LogP contribution in [0.15, 0.2) is 0 Å². The molecule has 1 aromatic heterocycles. The van der Waals surface area contributed by atoms with Gasteiger partial charge >= 0.3 is 12.2 Å². The molecule has 1 fully saturated rings. The van der Waals surface area contributed by atoms with E-state index in [0.29, 0.717) is 24.3 Å². The smallest absolute Gasteiger partial charge is 0.436 e. The van der Waals surface area contributed by atoms with Gasteiger partial charge in [-0.1, -0.05) is 0 Å². The summed E-state index contributed by atoms with van der Waals surface area (Å²) in [5.74, 6) is -0.155. The van der Waals surface area contributed by atoms with Crippen LogP contribution in [0, 0.1) is 0 Å². The van der Waals surface area contributed by atoms with Gasteiger partial charge in [0.25, 0.3) is 5.91 Å². The third kappa shape index (κ3) is 4.14. The van der Waals surface area contributed by atoms with Crippen molar-refractivity contribution in [2.24, 2.45) is 0 Å². The van der Waals surface area contributed by atoms with Crippen LogP contribution >= 0.6 is 0 Å². The Kier molecular flexibility index (Phi) is 5.81. The van der Waals surface area contributed by atoms with Gasteiger partial charge in [0.15, 0.2) is 0 Å². The van der Waals surface area contributed by atoms with E-state index >= 15 is 0 Å². The number of nitrogens with one attached hydrogen (secondary N) is 1. The maximum Gasteiger partial charge on any atom is 0.436 e. The van der Waals surface area contributed by atoms with Crippen LogP contribution in [0.25, 0.3) is 0 Å². The lowest BCUT2D eigenvalue weighted by molar-refractivity contribution is -0.124. The summed E-state index contributed by atoms with van der Waals surface area (Å²) in [5.41, 5.74) is -0.428. The Balaban J connectivity index is 1.96. The van der Waals surface area contributed by atoms with Crippen LogP contribution in [0.2, 0.25) is 0 Å². The Morgan fingerprint density at radius 2 is 1.97 bits per heavy atom. The van der Waals surface area contributed by atoms with Crippen molar-refractivity contribution >= 4 is 23.9 Å². The minimum absolute atomic E-state index is 0.137. The number of carbonyl (C=O) groups is 3. The summed E-state index contributed by atoms with van der Waals surface area (Å²) in [6.45, 7) is 11.5. The molecule has 0 spiro atoms. The van der Waals surface area contributed by atoms with Gasteiger partial charge in [0.2, 0.25) is 0 Å². The molecule has 30 heavy (non-hydrogen) atoms. The molecule has 3 heterocycles. The summed E-state index contributed by atoms with van der Waals surface area (Å²) in [4.78, 5) is 39.5.